The molecule has 1 unspecified atom stereocenters. The second-order valence-electron chi connectivity index (χ2n) is 19.0. The van der Waals surface area contributed by atoms with Crippen molar-refractivity contribution < 1.29 is 24.2 Å². The van der Waals surface area contributed by atoms with Crippen LogP contribution in [0.25, 0.3) is 0 Å². The summed E-state index contributed by atoms with van der Waals surface area (Å²) in [5.41, 5.74) is 0. The van der Waals surface area contributed by atoms with Gasteiger partial charge in [-0.3, -0.25) is 9.59 Å². The fraction of sp³-hybridized carbons (Fsp3) is 0.714. The van der Waals surface area contributed by atoms with Crippen LogP contribution in [-0.2, 0) is 19.1 Å². The molecule has 0 aliphatic carbocycles. The molecule has 0 spiro atoms. The second-order valence-corrected chi connectivity index (χ2v) is 19.0. The molecule has 0 aromatic heterocycles. The summed E-state index contributed by atoms with van der Waals surface area (Å²) in [5, 5.41) is 9.66. The van der Waals surface area contributed by atoms with Gasteiger partial charge in [-0.15, -0.1) is 0 Å². The van der Waals surface area contributed by atoms with Crippen molar-refractivity contribution in [2.24, 2.45) is 0 Å². The highest BCUT2D eigenvalue weighted by molar-refractivity contribution is 5.70. The summed E-state index contributed by atoms with van der Waals surface area (Å²) in [4.78, 5) is 24.5. The lowest BCUT2D eigenvalue weighted by molar-refractivity contribution is -0.161. The lowest BCUT2D eigenvalue weighted by Gasteiger charge is -2.15. The Hall–Kier alpha value is -3.18. The number of carbonyl (C=O) groups is 2. The minimum absolute atomic E-state index is 0.0705. The molecule has 0 aliphatic rings. The molecule has 0 aromatic rings. The first-order chi connectivity index (χ1) is 33.6. The van der Waals surface area contributed by atoms with E-state index in [0.717, 1.165) is 83.5 Å². The molecule has 0 radical (unpaired) electrons. The molecule has 0 fully saturated rings. The summed E-state index contributed by atoms with van der Waals surface area (Å²) >= 11 is 0. The van der Waals surface area contributed by atoms with Crippen molar-refractivity contribution in [2.45, 2.75) is 277 Å². The van der Waals surface area contributed by atoms with Gasteiger partial charge in [-0.25, -0.2) is 0 Å². The van der Waals surface area contributed by atoms with Gasteiger partial charge in [0.15, 0.2) is 6.10 Å². The maximum atomic E-state index is 12.3. The van der Waals surface area contributed by atoms with Gasteiger partial charge in [0.25, 0.3) is 0 Å². The van der Waals surface area contributed by atoms with Crippen LogP contribution in [0.15, 0.2) is 97.2 Å². The van der Waals surface area contributed by atoms with Gasteiger partial charge in [0.2, 0.25) is 0 Å². The quantitative estimate of drug-likeness (QED) is 0.0374. The first-order valence-corrected chi connectivity index (χ1v) is 28.8. The number of hydrogen-bond acceptors (Lipinski definition) is 5. The topological polar surface area (TPSA) is 72.8 Å². The average Bonchev–Trinajstić information content (AvgIpc) is 3.34. The third-order valence-electron chi connectivity index (χ3n) is 12.4. The molecule has 68 heavy (non-hydrogen) atoms. The molecule has 0 rings (SSSR count). The number of allylic oxidation sites excluding steroid dienone is 16. The van der Waals surface area contributed by atoms with E-state index in [2.05, 4.69) is 111 Å². The first-order valence-electron chi connectivity index (χ1n) is 28.8. The highest BCUT2D eigenvalue weighted by Gasteiger charge is 2.16. The number of unbranched alkanes of at least 4 members (excludes halogenated alkanes) is 28. The predicted molar refractivity (Wildman–Crippen MR) is 297 cm³/mol. The zero-order valence-corrected chi connectivity index (χ0v) is 44.6. The Labute approximate surface area is 421 Å². The van der Waals surface area contributed by atoms with Crippen LogP contribution in [0, 0.1) is 0 Å². The van der Waals surface area contributed by atoms with Crippen molar-refractivity contribution in [3.8, 4) is 0 Å². The Kier molecular flexibility index (Phi) is 55.4. The fourth-order valence-corrected chi connectivity index (χ4v) is 8.06. The van der Waals surface area contributed by atoms with E-state index < -0.39 is 6.10 Å². The lowest BCUT2D eigenvalue weighted by Crippen LogP contribution is -2.28. The molecule has 390 valence electrons. The van der Waals surface area contributed by atoms with Gasteiger partial charge >= 0.3 is 11.9 Å². The van der Waals surface area contributed by atoms with Crippen LogP contribution >= 0.6 is 0 Å². The standard InChI is InChI=1S/C63H108O5/c1-3-5-7-9-11-13-15-17-19-21-23-25-26-27-28-29-30-31-32-33-34-35-36-38-40-42-44-46-48-50-52-54-56-58-63(66)68-61(59-64)60-67-62(65)57-55-53-51-49-47-45-43-41-39-37-24-22-20-18-16-14-12-10-8-6-4-2/h5,7,11,13,17,19,22-25,27-28,30-31,33-34,61,64H,3-4,6,8-10,12,14-16,18,20-21,26,29,32,35-60H2,1-2H3/b7-5-,13-11-,19-17-,24-22-,25-23-,28-27-,31-30-,34-33-. The minimum atomic E-state index is -0.780. The zero-order valence-electron chi connectivity index (χ0n) is 44.6. The molecule has 1 atom stereocenters. The van der Waals surface area contributed by atoms with Crippen LogP contribution in [0.1, 0.15) is 271 Å². The Morgan fingerprint density at radius 3 is 0.971 bits per heavy atom. The van der Waals surface area contributed by atoms with Crippen LogP contribution in [0.4, 0.5) is 0 Å². The summed E-state index contributed by atoms with van der Waals surface area (Å²) in [6, 6.07) is 0. The largest absolute Gasteiger partial charge is 0.462 e. The summed E-state index contributed by atoms with van der Waals surface area (Å²) in [6.07, 6.45) is 82.3. The molecule has 0 heterocycles. The number of rotatable bonds is 52. The molecule has 5 heteroatoms. The minimum Gasteiger partial charge on any atom is -0.462 e. The molecule has 1 N–H and O–H groups in total. The van der Waals surface area contributed by atoms with Crippen LogP contribution in [0.3, 0.4) is 0 Å². The number of aliphatic hydroxyl groups excluding tert-OH is 1. The van der Waals surface area contributed by atoms with E-state index in [4.69, 9.17) is 9.47 Å². The van der Waals surface area contributed by atoms with E-state index in [1.54, 1.807) is 0 Å². The second kappa shape index (κ2) is 58.1. The van der Waals surface area contributed by atoms with Crippen LogP contribution in [0.5, 0.6) is 0 Å². The summed E-state index contributed by atoms with van der Waals surface area (Å²) in [5.74, 6) is -0.593. The van der Waals surface area contributed by atoms with Crippen molar-refractivity contribution >= 4 is 11.9 Å². The van der Waals surface area contributed by atoms with Crippen molar-refractivity contribution in [1.29, 1.82) is 0 Å². The molecule has 5 nitrogen and oxygen atoms in total. The van der Waals surface area contributed by atoms with Crippen molar-refractivity contribution in [1.82, 2.24) is 0 Å². The maximum absolute atomic E-state index is 12.3. The average molecular weight is 946 g/mol. The van der Waals surface area contributed by atoms with Crippen molar-refractivity contribution in [3.63, 3.8) is 0 Å². The fourth-order valence-electron chi connectivity index (χ4n) is 8.06. The maximum Gasteiger partial charge on any atom is 0.306 e. The zero-order chi connectivity index (χ0) is 49.2. The molecule has 0 saturated carbocycles. The van der Waals surface area contributed by atoms with E-state index in [-0.39, 0.29) is 25.2 Å². The van der Waals surface area contributed by atoms with Gasteiger partial charge in [0.05, 0.1) is 6.61 Å². The number of esters is 2. The number of aliphatic hydroxyl groups is 1. The number of hydrogen-bond donors (Lipinski definition) is 1. The monoisotopic (exact) mass is 945 g/mol. The van der Waals surface area contributed by atoms with Crippen LogP contribution in [0.2, 0.25) is 0 Å². The summed E-state index contributed by atoms with van der Waals surface area (Å²) < 4.78 is 10.7. The highest BCUT2D eigenvalue weighted by atomic mass is 16.6. The van der Waals surface area contributed by atoms with Crippen molar-refractivity contribution in [3.05, 3.63) is 97.2 Å². The number of carbonyl (C=O) groups excluding carboxylic acids is 2. The normalized spacial score (nSPS) is 12.9. The van der Waals surface area contributed by atoms with Gasteiger partial charge in [-0.1, -0.05) is 259 Å². The Morgan fingerprint density at radius 1 is 0.353 bits per heavy atom. The van der Waals surface area contributed by atoms with Gasteiger partial charge < -0.3 is 14.6 Å². The molecule has 0 bridgehead atoms. The van der Waals surface area contributed by atoms with Gasteiger partial charge in [0, 0.05) is 12.8 Å². The molecule has 0 amide bonds. The van der Waals surface area contributed by atoms with Crippen LogP contribution < -0.4 is 0 Å². The Balaban J connectivity index is 3.53. The first kappa shape index (κ1) is 64.8. The van der Waals surface area contributed by atoms with Crippen molar-refractivity contribution in [2.75, 3.05) is 13.2 Å². The Bertz CT molecular complexity index is 1300. The van der Waals surface area contributed by atoms with Crippen LogP contribution in [-0.4, -0.2) is 36.4 Å². The summed E-state index contributed by atoms with van der Waals surface area (Å²) in [6.45, 7) is 4.04. The molecular formula is C63H108O5. The third kappa shape index (κ3) is 55.4. The molecule has 0 aromatic carbocycles. The van der Waals surface area contributed by atoms with Gasteiger partial charge in [0.1, 0.15) is 6.61 Å². The Morgan fingerprint density at radius 2 is 0.632 bits per heavy atom. The van der Waals surface area contributed by atoms with E-state index >= 15 is 0 Å². The van der Waals surface area contributed by atoms with Gasteiger partial charge in [-0.05, 0) is 96.3 Å². The van der Waals surface area contributed by atoms with E-state index in [9.17, 15) is 14.7 Å². The van der Waals surface area contributed by atoms with E-state index in [0.29, 0.717) is 12.8 Å². The predicted octanol–water partition coefficient (Wildman–Crippen LogP) is 19.5. The molecule has 0 aliphatic heterocycles. The lowest BCUT2D eigenvalue weighted by atomic mass is 10.0. The van der Waals surface area contributed by atoms with Gasteiger partial charge in [-0.2, -0.15) is 0 Å². The highest BCUT2D eigenvalue weighted by Crippen LogP contribution is 2.15. The summed E-state index contributed by atoms with van der Waals surface area (Å²) in [7, 11) is 0. The van der Waals surface area contributed by atoms with E-state index in [1.807, 2.05) is 0 Å². The molecular weight excluding hydrogens is 837 g/mol. The van der Waals surface area contributed by atoms with E-state index in [1.165, 1.54) is 161 Å². The smallest absolute Gasteiger partial charge is 0.306 e. The SMILES string of the molecule is CC/C=C\C/C=C\C/C=C\C/C=C\C/C=C\C/C=C\C/C=C\CCCCCCCCCCCCCC(=O)OC(CO)COC(=O)CCCCCCCCCCC/C=C\CCCCCCCCCC. The number of ether oxygens (including phenoxy) is 2. The third-order valence-corrected chi connectivity index (χ3v) is 12.4. The molecule has 0 saturated heterocycles.